The smallest absolute Gasteiger partial charge is 0.323 e. The van der Waals surface area contributed by atoms with Crippen molar-refractivity contribution in [2.24, 2.45) is 11.3 Å². The number of carboxylic acids is 1. The summed E-state index contributed by atoms with van der Waals surface area (Å²) in [5, 5.41) is 14.7. The number of carboxylic acid groups (broad SMARTS) is 1. The van der Waals surface area contributed by atoms with Gasteiger partial charge in [0, 0.05) is 6.54 Å². The van der Waals surface area contributed by atoms with Crippen LogP contribution in [0.1, 0.15) is 20.8 Å². The minimum atomic E-state index is -1.61. The van der Waals surface area contributed by atoms with Gasteiger partial charge in [-0.25, -0.2) is 0 Å². The topological polar surface area (TPSA) is 95.5 Å². The molecule has 21 heavy (non-hydrogen) atoms. The van der Waals surface area contributed by atoms with Gasteiger partial charge in [0.2, 0.25) is 5.91 Å². The lowest BCUT2D eigenvalue weighted by atomic mass is 9.95. The second kappa shape index (κ2) is 7.70. The number of nitrogens with one attached hydrogen (secondary N) is 2. The number of carbonyl (C=O) groups is 3. The zero-order valence-electron chi connectivity index (χ0n) is 13.9. The maximum absolute atomic E-state index is 11.9. The molecule has 0 fully saturated rings. The summed E-state index contributed by atoms with van der Waals surface area (Å²) in [5.41, 5.74) is -0.137. The summed E-state index contributed by atoms with van der Waals surface area (Å²) in [6, 6.07) is 0.985. The van der Waals surface area contributed by atoms with Crippen LogP contribution in [-0.2, 0) is 14.4 Å². The molecule has 1 amide bonds. The summed E-state index contributed by atoms with van der Waals surface area (Å²) >= 11 is 0. The van der Waals surface area contributed by atoms with Crippen molar-refractivity contribution < 1.29 is 19.5 Å². The van der Waals surface area contributed by atoms with E-state index in [0.29, 0.717) is 6.54 Å². The van der Waals surface area contributed by atoms with Gasteiger partial charge in [0.25, 0.3) is 0 Å². The molecule has 0 heterocycles. The molecule has 3 N–H and O–H groups in total. The van der Waals surface area contributed by atoms with Crippen molar-refractivity contribution in [3.8, 4) is 0 Å². The molecule has 0 aromatic rings. The van der Waals surface area contributed by atoms with Gasteiger partial charge in [-0.05, 0) is 31.6 Å². The molecule has 0 spiro atoms. The molecule has 0 aliphatic heterocycles. The quantitative estimate of drug-likeness (QED) is 0.434. The van der Waals surface area contributed by atoms with E-state index in [2.05, 4.69) is 23.7 Å². The number of ketones is 1. The summed E-state index contributed by atoms with van der Waals surface area (Å²) in [6.07, 6.45) is 0.982. The molecule has 0 rings (SSSR count). The zero-order chi connectivity index (χ0) is 16.8. The number of carbonyl (C=O) groups excluding carboxylic acids is 2. The molecular weight excluding hydrogens is 288 g/mol. The zero-order valence-corrected chi connectivity index (χ0v) is 14.9. The SMILES string of the molecule is CNC[Si](C)(C)CC(C)(C)CNC(=O)C(C(C)=O)C(=O)O. The average molecular weight is 316 g/mol. The standard InChI is InChI=1S/C14H28N2O4Si/c1-10(17)11(13(19)20)12(18)16-7-14(2,3)8-21(5,6)9-15-4/h11,15H,7-9H2,1-6H3,(H,16,18)(H,19,20). The second-order valence-electron chi connectivity index (χ2n) is 7.14. The third kappa shape index (κ3) is 7.38. The number of hydrogen-bond acceptors (Lipinski definition) is 4. The van der Waals surface area contributed by atoms with Crippen molar-refractivity contribution in [3.05, 3.63) is 0 Å². The highest BCUT2D eigenvalue weighted by Crippen LogP contribution is 2.27. The highest BCUT2D eigenvalue weighted by molar-refractivity contribution is 6.77. The number of hydrogen-bond donors (Lipinski definition) is 3. The average Bonchev–Trinajstić information content (AvgIpc) is 2.23. The Labute approximate surface area is 127 Å². The Hall–Kier alpha value is -1.21. The normalized spacial score (nSPS) is 13.6. The van der Waals surface area contributed by atoms with Crippen molar-refractivity contribution in [1.82, 2.24) is 10.6 Å². The monoisotopic (exact) mass is 316 g/mol. The van der Waals surface area contributed by atoms with Crippen molar-refractivity contribution >= 4 is 25.7 Å². The molecule has 0 aliphatic rings. The first-order chi connectivity index (χ1) is 9.42. The minimum absolute atomic E-state index is 0.137. The van der Waals surface area contributed by atoms with Crippen molar-refractivity contribution in [1.29, 1.82) is 0 Å². The first kappa shape index (κ1) is 19.8. The van der Waals surface area contributed by atoms with E-state index in [-0.39, 0.29) is 5.41 Å². The highest BCUT2D eigenvalue weighted by Gasteiger charge is 2.34. The molecule has 0 saturated carbocycles. The summed E-state index contributed by atoms with van der Waals surface area (Å²) < 4.78 is 0. The van der Waals surface area contributed by atoms with Crippen LogP contribution in [0.4, 0.5) is 0 Å². The van der Waals surface area contributed by atoms with Crippen LogP contribution in [0.2, 0.25) is 19.1 Å². The predicted molar refractivity (Wildman–Crippen MR) is 84.8 cm³/mol. The summed E-state index contributed by atoms with van der Waals surface area (Å²) in [5.74, 6) is -4.38. The van der Waals surface area contributed by atoms with Crippen LogP contribution in [0.3, 0.4) is 0 Å². The van der Waals surface area contributed by atoms with E-state index in [1.54, 1.807) is 0 Å². The predicted octanol–water partition coefficient (Wildman–Crippen LogP) is 0.886. The van der Waals surface area contributed by atoms with E-state index in [0.717, 1.165) is 19.1 Å². The molecule has 7 heteroatoms. The van der Waals surface area contributed by atoms with Gasteiger partial charge >= 0.3 is 5.97 Å². The van der Waals surface area contributed by atoms with Gasteiger partial charge in [-0.1, -0.05) is 26.9 Å². The molecule has 0 saturated heterocycles. The minimum Gasteiger partial charge on any atom is -0.480 e. The van der Waals surface area contributed by atoms with Gasteiger partial charge in [-0.3, -0.25) is 14.4 Å². The fourth-order valence-corrected chi connectivity index (χ4v) is 6.60. The molecule has 0 bridgehead atoms. The highest BCUT2D eigenvalue weighted by atomic mass is 28.3. The molecule has 0 aliphatic carbocycles. The van der Waals surface area contributed by atoms with Gasteiger partial charge in [0.1, 0.15) is 0 Å². The largest absolute Gasteiger partial charge is 0.480 e. The second-order valence-corrected chi connectivity index (χ2v) is 12.2. The number of Topliss-reactive ketones (excluding diaryl/α,β-unsaturated/α-hetero) is 1. The maximum atomic E-state index is 11.9. The lowest BCUT2D eigenvalue weighted by Gasteiger charge is -2.34. The van der Waals surface area contributed by atoms with E-state index >= 15 is 0 Å². The number of amides is 1. The van der Waals surface area contributed by atoms with Gasteiger partial charge in [0.05, 0.1) is 8.07 Å². The number of aliphatic carboxylic acids is 1. The Morgan fingerprint density at radius 1 is 1.24 bits per heavy atom. The molecule has 6 nitrogen and oxygen atoms in total. The molecule has 0 radical (unpaired) electrons. The van der Waals surface area contributed by atoms with E-state index in [4.69, 9.17) is 5.11 Å². The Balaban J connectivity index is 4.65. The molecule has 1 atom stereocenters. The first-order valence-electron chi connectivity index (χ1n) is 7.07. The van der Waals surface area contributed by atoms with Crippen LogP contribution in [0, 0.1) is 11.3 Å². The van der Waals surface area contributed by atoms with E-state index in [1.165, 1.54) is 0 Å². The van der Waals surface area contributed by atoms with Crippen LogP contribution >= 0.6 is 0 Å². The molecule has 0 aromatic heterocycles. The van der Waals surface area contributed by atoms with E-state index in [9.17, 15) is 14.4 Å². The Morgan fingerprint density at radius 3 is 2.14 bits per heavy atom. The lowest BCUT2D eigenvalue weighted by molar-refractivity contribution is -0.150. The van der Waals surface area contributed by atoms with Crippen LogP contribution < -0.4 is 10.6 Å². The maximum Gasteiger partial charge on any atom is 0.323 e. The molecular formula is C14H28N2O4Si. The van der Waals surface area contributed by atoms with Gasteiger partial charge in [0.15, 0.2) is 11.7 Å². The van der Waals surface area contributed by atoms with E-state index < -0.39 is 31.7 Å². The third-order valence-corrected chi connectivity index (χ3v) is 6.49. The number of rotatable bonds is 9. The van der Waals surface area contributed by atoms with Gasteiger partial charge in [-0.15, -0.1) is 0 Å². The Kier molecular flexibility index (Phi) is 7.25. The van der Waals surface area contributed by atoms with Crippen molar-refractivity contribution in [3.63, 3.8) is 0 Å². The van der Waals surface area contributed by atoms with E-state index in [1.807, 2.05) is 20.9 Å². The fourth-order valence-electron chi connectivity index (χ4n) is 2.80. The van der Waals surface area contributed by atoms with Crippen molar-refractivity contribution in [2.45, 2.75) is 39.9 Å². The lowest BCUT2D eigenvalue weighted by Crippen LogP contribution is -2.47. The summed E-state index contributed by atoms with van der Waals surface area (Å²) in [6.45, 7) is 10.1. The molecule has 122 valence electrons. The van der Waals surface area contributed by atoms with Crippen LogP contribution in [-0.4, -0.2) is 50.6 Å². The molecule has 0 aromatic carbocycles. The third-order valence-electron chi connectivity index (χ3n) is 3.27. The summed E-state index contributed by atoms with van der Waals surface area (Å²) in [4.78, 5) is 34.0. The van der Waals surface area contributed by atoms with Gasteiger partial charge < -0.3 is 15.7 Å². The fraction of sp³-hybridized carbons (Fsp3) is 0.786. The Bertz CT molecular complexity index is 394. The summed E-state index contributed by atoms with van der Waals surface area (Å²) in [7, 11) is 0.497. The van der Waals surface area contributed by atoms with Crippen LogP contribution in [0.15, 0.2) is 0 Å². The molecule has 1 unspecified atom stereocenters. The van der Waals surface area contributed by atoms with Crippen molar-refractivity contribution in [2.75, 3.05) is 19.8 Å². The Morgan fingerprint density at radius 2 is 1.76 bits per heavy atom. The van der Waals surface area contributed by atoms with Gasteiger partial charge in [-0.2, -0.15) is 0 Å². The van der Waals surface area contributed by atoms with Crippen LogP contribution in [0.25, 0.3) is 0 Å². The first-order valence-corrected chi connectivity index (χ1v) is 10.5. The van der Waals surface area contributed by atoms with Crippen LogP contribution in [0.5, 0.6) is 0 Å².